The Morgan fingerprint density at radius 2 is 1.90 bits per heavy atom. The quantitative estimate of drug-likeness (QED) is 0.766. The first kappa shape index (κ1) is 16.9. The van der Waals surface area contributed by atoms with Crippen LogP contribution < -0.4 is 5.32 Å². The Morgan fingerprint density at radius 1 is 1.25 bits per heavy atom. The molecule has 1 N–H and O–H groups in total. The standard InChI is InChI=1S/C16H22BrNO2/c1-5-15(19)13-9-12(17)6-7-14(13)18-16(20)11(4)8-10(2)3/h6-7,9-11H,5,8H2,1-4H3,(H,18,20). The molecule has 4 heteroatoms. The van der Waals surface area contributed by atoms with Gasteiger partial charge in [-0.1, -0.05) is 43.6 Å². The Kier molecular flexibility index (Phi) is 6.40. The van der Waals surface area contributed by atoms with Crippen molar-refractivity contribution in [3.8, 4) is 0 Å². The van der Waals surface area contributed by atoms with E-state index in [1.54, 1.807) is 12.1 Å². The summed E-state index contributed by atoms with van der Waals surface area (Å²) in [6.07, 6.45) is 1.25. The van der Waals surface area contributed by atoms with Crippen LogP contribution in [0, 0.1) is 11.8 Å². The van der Waals surface area contributed by atoms with Gasteiger partial charge >= 0.3 is 0 Å². The van der Waals surface area contributed by atoms with Gasteiger partial charge in [-0.2, -0.15) is 0 Å². The van der Waals surface area contributed by atoms with Crippen molar-refractivity contribution in [3.63, 3.8) is 0 Å². The fourth-order valence-corrected chi connectivity index (χ4v) is 2.48. The molecule has 1 amide bonds. The van der Waals surface area contributed by atoms with E-state index in [4.69, 9.17) is 0 Å². The third-order valence-electron chi connectivity index (χ3n) is 3.13. The van der Waals surface area contributed by atoms with Gasteiger partial charge in [-0.15, -0.1) is 0 Å². The zero-order chi connectivity index (χ0) is 15.3. The Labute approximate surface area is 129 Å². The number of ketones is 1. The van der Waals surface area contributed by atoms with Gasteiger partial charge < -0.3 is 5.32 Å². The zero-order valence-corrected chi connectivity index (χ0v) is 14.1. The number of carbonyl (C=O) groups excluding carboxylic acids is 2. The second kappa shape index (κ2) is 7.58. The van der Waals surface area contributed by atoms with E-state index in [1.165, 1.54) is 0 Å². The smallest absolute Gasteiger partial charge is 0.227 e. The number of benzene rings is 1. The van der Waals surface area contributed by atoms with E-state index in [1.807, 2.05) is 19.9 Å². The van der Waals surface area contributed by atoms with Crippen LogP contribution in [0.25, 0.3) is 0 Å². The van der Waals surface area contributed by atoms with Crippen LogP contribution in [0.15, 0.2) is 22.7 Å². The molecule has 0 aliphatic carbocycles. The largest absolute Gasteiger partial charge is 0.325 e. The first-order valence-electron chi connectivity index (χ1n) is 6.98. The number of halogens is 1. The summed E-state index contributed by atoms with van der Waals surface area (Å²) in [5.41, 5.74) is 1.16. The molecule has 0 saturated carbocycles. The molecule has 0 radical (unpaired) electrons. The molecule has 1 unspecified atom stereocenters. The fraction of sp³-hybridized carbons (Fsp3) is 0.500. The molecule has 0 saturated heterocycles. The highest BCUT2D eigenvalue weighted by molar-refractivity contribution is 9.10. The average Bonchev–Trinajstić information content (AvgIpc) is 2.38. The van der Waals surface area contributed by atoms with Crippen LogP contribution in [0.4, 0.5) is 5.69 Å². The van der Waals surface area contributed by atoms with Crippen LogP contribution in [0.3, 0.4) is 0 Å². The monoisotopic (exact) mass is 339 g/mol. The normalized spacial score (nSPS) is 12.3. The van der Waals surface area contributed by atoms with Crippen molar-refractivity contribution in [3.05, 3.63) is 28.2 Å². The van der Waals surface area contributed by atoms with Gasteiger partial charge in [0.05, 0.1) is 5.69 Å². The van der Waals surface area contributed by atoms with E-state index in [2.05, 4.69) is 35.1 Å². The number of hydrogen-bond donors (Lipinski definition) is 1. The minimum absolute atomic E-state index is 0.0260. The second-order valence-corrected chi connectivity index (χ2v) is 6.40. The lowest BCUT2D eigenvalue weighted by Crippen LogP contribution is -2.23. The number of anilines is 1. The predicted molar refractivity (Wildman–Crippen MR) is 86.0 cm³/mol. The fourth-order valence-electron chi connectivity index (χ4n) is 2.12. The number of nitrogens with one attached hydrogen (secondary N) is 1. The van der Waals surface area contributed by atoms with Crippen molar-refractivity contribution in [1.82, 2.24) is 0 Å². The van der Waals surface area contributed by atoms with Crippen LogP contribution in [-0.4, -0.2) is 11.7 Å². The maximum absolute atomic E-state index is 12.2. The van der Waals surface area contributed by atoms with E-state index in [-0.39, 0.29) is 17.6 Å². The van der Waals surface area contributed by atoms with Crippen LogP contribution >= 0.6 is 15.9 Å². The number of amides is 1. The molecule has 3 nitrogen and oxygen atoms in total. The van der Waals surface area contributed by atoms with E-state index in [0.717, 1.165) is 10.9 Å². The van der Waals surface area contributed by atoms with Crippen molar-refractivity contribution >= 4 is 33.3 Å². The molecule has 20 heavy (non-hydrogen) atoms. The third-order valence-corrected chi connectivity index (χ3v) is 3.63. The molecule has 0 aliphatic heterocycles. The molecule has 1 aromatic rings. The predicted octanol–water partition coefficient (Wildman–Crippen LogP) is 4.66. The highest BCUT2D eigenvalue weighted by atomic mass is 79.9. The lowest BCUT2D eigenvalue weighted by Gasteiger charge is -2.16. The van der Waals surface area contributed by atoms with Crippen molar-refractivity contribution in [2.75, 3.05) is 5.32 Å². The summed E-state index contributed by atoms with van der Waals surface area (Å²) in [5.74, 6) is 0.393. The highest BCUT2D eigenvalue weighted by Gasteiger charge is 2.17. The van der Waals surface area contributed by atoms with Crippen molar-refractivity contribution in [2.45, 2.75) is 40.5 Å². The number of Topliss-reactive ketones (excluding diaryl/α,β-unsaturated/α-hetero) is 1. The minimum Gasteiger partial charge on any atom is -0.325 e. The van der Waals surface area contributed by atoms with Gasteiger partial charge in [-0.25, -0.2) is 0 Å². The Bertz CT molecular complexity index is 497. The summed E-state index contributed by atoms with van der Waals surface area (Å²) in [5, 5.41) is 2.88. The summed E-state index contributed by atoms with van der Waals surface area (Å²) in [4.78, 5) is 24.1. The summed E-state index contributed by atoms with van der Waals surface area (Å²) >= 11 is 3.36. The van der Waals surface area contributed by atoms with Gasteiger partial charge in [-0.05, 0) is 30.5 Å². The van der Waals surface area contributed by atoms with Crippen molar-refractivity contribution < 1.29 is 9.59 Å². The lowest BCUT2D eigenvalue weighted by molar-refractivity contribution is -0.119. The Hall–Kier alpha value is -1.16. The number of carbonyl (C=O) groups is 2. The first-order chi connectivity index (χ1) is 9.35. The van der Waals surface area contributed by atoms with Gasteiger partial charge in [0.15, 0.2) is 5.78 Å². The van der Waals surface area contributed by atoms with Crippen LogP contribution in [0.2, 0.25) is 0 Å². The maximum Gasteiger partial charge on any atom is 0.227 e. The molecule has 110 valence electrons. The summed E-state index contributed by atoms with van der Waals surface area (Å²) in [7, 11) is 0. The van der Waals surface area contributed by atoms with E-state index < -0.39 is 0 Å². The number of hydrogen-bond acceptors (Lipinski definition) is 2. The molecule has 0 aromatic heterocycles. The van der Waals surface area contributed by atoms with Crippen molar-refractivity contribution in [1.29, 1.82) is 0 Å². The molecule has 0 heterocycles. The third kappa shape index (κ3) is 4.75. The molecule has 0 bridgehead atoms. The molecule has 0 aliphatic rings. The average molecular weight is 340 g/mol. The number of rotatable bonds is 6. The summed E-state index contributed by atoms with van der Waals surface area (Å²) in [6.45, 7) is 7.91. The SMILES string of the molecule is CCC(=O)c1cc(Br)ccc1NC(=O)C(C)CC(C)C. The van der Waals surface area contributed by atoms with Crippen LogP contribution in [0.1, 0.15) is 50.9 Å². The zero-order valence-electron chi connectivity index (χ0n) is 12.5. The molecular weight excluding hydrogens is 318 g/mol. The molecule has 1 aromatic carbocycles. The Morgan fingerprint density at radius 3 is 2.45 bits per heavy atom. The maximum atomic E-state index is 12.2. The van der Waals surface area contributed by atoms with Gasteiger partial charge in [0, 0.05) is 22.4 Å². The van der Waals surface area contributed by atoms with Gasteiger partial charge in [0.1, 0.15) is 0 Å². The topological polar surface area (TPSA) is 46.2 Å². The van der Waals surface area contributed by atoms with E-state index in [0.29, 0.717) is 23.6 Å². The molecule has 0 spiro atoms. The van der Waals surface area contributed by atoms with Gasteiger partial charge in [-0.3, -0.25) is 9.59 Å². The van der Waals surface area contributed by atoms with Crippen molar-refractivity contribution in [2.24, 2.45) is 11.8 Å². The minimum atomic E-state index is -0.0665. The molecule has 0 fully saturated rings. The van der Waals surface area contributed by atoms with Crippen LogP contribution in [-0.2, 0) is 4.79 Å². The second-order valence-electron chi connectivity index (χ2n) is 5.49. The van der Waals surface area contributed by atoms with E-state index >= 15 is 0 Å². The van der Waals surface area contributed by atoms with E-state index in [9.17, 15) is 9.59 Å². The van der Waals surface area contributed by atoms with Gasteiger partial charge in [0.25, 0.3) is 0 Å². The lowest BCUT2D eigenvalue weighted by atomic mass is 9.98. The van der Waals surface area contributed by atoms with Gasteiger partial charge in [0.2, 0.25) is 5.91 Å². The Balaban J connectivity index is 2.92. The highest BCUT2D eigenvalue weighted by Crippen LogP contribution is 2.23. The summed E-state index contributed by atoms with van der Waals surface area (Å²) in [6, 6.07) is 5.36. The molecule has 1 atom stereocenters. The molecule has 1 rings (SSSR count). The summed E-state index contributed by atoms with van der Waals surface area (Å²) < 4.78 is 0.836. The molecular formula is C16H22BrNO2. The first-order valence-corrected chi connectivity index (χ1v) is 7.78. The van der Waals surface area contributed by atoms with Crippen LogP contribution in [0.5, 0.6) is 0 Å².